The van der Waals surface area contributed by atoms with Crippen molar-refractivity contribution in [3.8, 4) is 0 Å². The standard InChI is InChI=1S/C13H18N4O2/c1-16-5-2-6-17(8-7-16)13-14-9-11(10-15-13)3-4-12(18)19/h3-4,9-10H,2,5-8H2,1H3,(H,18,19)/b4-3+. The lowest BCUT2D eigenvalue weighted by Crippen LogP contribution is -2.30. The van der Waals surface area contributed by atoms with Gasteiger partial charge in [0.05, 0.1) is 0 Å². The topological polar surface area (TPSA) is 69.6 Å². The van der Waals surface area contributed by atoms with Gasteiger partial charge in [-0.15, -0.1) is 0 Å². The van der Waals surface area contributed by atoms with Crippen molar-refractivity contribution < 1.29 is 9.90 Å². The number of carboxylic acids is 1. The quantitative estimate of drug-likeness (QED) is 0.809. The third-order valence-corrected chi connectivity index (χ3v) is 3.08. The fourth-order valence-corrected chi connectivity index (χ4v) is 1.99. The molecular formula is C13H18N4O2. The molecule has 0 amide bonds. The van der Waals surface area contributed by atoms with Crippen molar-refractivity contribution in [3.63, 3.8) is 0 Å². The molecule has 1 aromatic rings. The summed E-state index contributed by atoms with van der Waals surface area (Å²) in [5.41, 5.74) is 0.693. The first kappa shape index (κ1) is 13.5. The van der Waals surface area contributed by atoms with Crippen LogP contribution >= 0.6 is 0 Å². The van der Waals surface area contributed by atoms with E-state index < -0.39 is 5.97 Å². The molecule has 1 aliphatic rings. The average molecular weight is 262 g/mol. The highest BCUT2D eigenvalue weighted by Gasteiger charge is 2.14. The van der Waals surface area contributed by atoms with Crippen LogP contribution in [0.4, 0.5) is 5.95 Å². The lowest BCUT2D eigenvalue weighted by atomic mass is 10.3. The smallest absolute Gasteiger partial charge is 0.328 e. The number of likely N-dealkylation sites (N-methyl/N-ethyl adjacent to an activating group) is 1. The molecule has 1 fully saturated rings. The van der Waals surface area contributed by atoms with E-state index in [4.69, 9.17) is 5.11 Å². The third kappa shape index (κ3) is 4.03. The number of aromatic nitrogens is 2. The molecule has 102 valence electrons. The summed E-state index contributed by atoms with van der Waals surface area (Å²) in [6.07, 6.45) is 6.97. The van der Waals surface area contributed by atoms with Gasteiger partial charge in [0.25, 0.3) is 0 Å². The van der Waals surface area contributed by atoms with E-state index in [9.17, 15) is 4.79 Å². The number of anilines is 1. The highest BCUT2D eigenvalue weighted by molar-refractivity contribution is 5.85. The monoisotopic (exact) mass is 262 g/mol. The van der Waals surface area contributed by atoms with Crippen molar-refractivity contribution in [1.29, 1.82) is 0 Å². The van der Waals surface area contributed by atoms with Crippen LogP contribution in [0.1, 0.15) is 12.0 Å². The second-order valence-corrected chi connectivity index (χ2v) is 4.63. The Hall–Kier alpha value is -1.95. The molecule has 1 aromatic heterocycles. The molecule has 6 heteroatoms. The normalized spacial score (nSPS) is 17.6. The largest absolute Gasteiger partial charge is 0.478 e. The van der Waals surface area contributed by atoms with E-state index in [1.807, 2.05) is 0 Å². The number of hydrogen-bond donors (Lipinski definition) is 1. The molecule has 6 nitrogen and oxygen atoms in total. The molecule has 0 unspecified atom stereocenters. The molecule has 19 heavy (non-hydrogen) atoms. The van der Waals surface area contributed by atoms with Gasteiger partial charge in [-0.1, -0.05) is 0 Å². The molecule has 2 heterocycles. The van der Waals surface area contributed by atoms with E-state index in [2.05, 4.69) is 26.8 Å². The Morgan fingerprint density at radius 2 is 2.00 bits per heavy atom. The van der Waals surface area contributed by atoms with E-state index in [0.717, 1.165) is 38.7 Å². The number of nitrogens with zero attached hydrogens (tertiary/aromatic N) is 4. The molecular weight excluding hydrogens is 244 g/mol. The number of carboxylic acid groups (broad SMARTS) is 1. The second kappa shape index (κ2) is 6.29. The minimum Gasteiger partial charge on any atom is -0.478 e. The van der Waals surface area contributed by atoms with Crippen molar-refractivity contribution in [2.75, 3.05) is 38.1 Å². The molecule has 1 aliphatic heterocycles. The summed E-state index contributed by atoms with van der Waals surface area (Å²) in [6, 6.07) is 0. The highest BCUT2D eigenvalue weighted by Crippen LogP contribution is 2.11. The van der Waals surface area contributed by atoms with E-state index in [1.165, 1.54) is 6.08 Å². The summed E-state index contributed by atoms with van der Waals surface area (Å²) in [5, 5.41) is 8.55. The highest BCUT2D eigenvalue weighted by atomic mass is 16.4. The van der Waals surface area contributed by atoms with Gasteiger partial charge in [0, 0.05) is 43.7 Å². The van der Waals surface area contributed by atoms with Gasteiger partial charge in [0.15, 0.2) is 0 Å². The van der Waals surface area contributed by atoms with Crippen molar-refractivity contribution >= 4 is 18.0 Å². The average Bonchev–Trinajstić information content (AvgIpc) is 2.62. The SMILES string of the molecule is CN1CCCN(c2ncc(/C=C/C(=O)O)cn2)CC1. The van der Waals surface area contributed by atoms with Crippen molar-refractivity contribution in [2.45, 2.75) is 6.42 Å². The van der Waals surface area contributed by atoms with E-state index >= 15 is 0 Å². The zero-order valence-corrected chi connectivity index (χ0v) is 11.0. The maximum atomic E-state index is 10.4. The van der Waals surface area contributed by atoms with Gasteiger partial charge < -0.3 is 14.9 Å². The van der Waals surface area contributed by atoms with Gasteiger partial charge in [0.1, 0.15) is 0 Å². The Kier molecular flexibility index (Phi) is 4.46. The first-order chi connectivity index (χ1) is 9.15. The summed E-state index contributed by atoms with van der Waals surface area (Å²) >= 11 is 0. The lowest BCUT2D eigenvalue weighted by molar-refractivity contribution is -0.131. The Morgan fingerprint density at radius 1 is 1.26 bits per heavy atom. The predicted octanol–water partition coefficient (Wildman–Crippen LogP) is 0.716. The van der Waals surface area contributed by atoms with Crippen LogP contribution in [-0.4, -0.2) is 59.2 Å². The van der Waals surface area contributed by atoms with E-state index in [0.29, 0.717) is 11.5 Å². The van der Waals surface area contributed by atoms with Crippen LogP contribution in [0, 0.1) is 0 Å². The van der Waals surface area contributed by atoms with Crippen LogP contribution in [0.3, 0.4) is 0 Å². The molecule has 0 atom stereocenters. The van der Waals surface area contributed by atoms with Crippen molar-refractivity contribution in [3.05, 3.63) is 24.0 Å². The van der Waals surface area contributed by atoms with Gasteiger partial charge in [-0.3, -0.25) is 0 Å². The van der Waals surface area contributed by atoms with Gasteiger partial charge in [-0.05, 0) is 26.1 Å². The first-order valence-electron chi connectivity index (χ1n) is 6.32. The van der Waals surface area contributed by atoms with Crippen molar-refractivity contribution in [2.24, 2.45) is 0 Å². The number of aliphatic carboxylic acids is 1. The van der Waals surface area contributed by atoms with E-state index in [-0.39, 0.29) is 0 Å². The number of carbonyl (C=O) groups is 1. The second-order valence-electron chi connectivity index (χ2n) is 4.63. The molecule has 1 saturated heterocycles. The summed E-state index contributed by atoms with van der Waals surface area (Å²) in [5.74, 6) is -0.262. The summed E-state index contributed by atoms with van der Waals surface area (Å²) in [4.78, 5) is 23.5. The third-order valence-electron chi connectivity index (χ3n) is 3.08. The number of hydrogen-bond acceptors (Lipinski definition) is 5. The molecule has 0 bridgehead atoms. The zero-order valence-electron chi connectivity index (χ0n) is 11.0. The molecule has 1 N–H and O–H groups in total. The maximum absolute atomic E-state index is 10.4. The van der Waals surface area contributed by atoms with Crippen molar-refractivity contribution in [1.82, 2.24) is 14.9 Å². The first-order valence-corrected chi connectivity index (χ1v) is 6.32. The lowest BCUT2D eigenvalue weighted by Gasteiger charge is -2.20. The zero-order chi connectivity index (χ0) is 13.7. The summed E-state index contributed by atoms with van der Waals surface area (Å²) in [7, 11) is 2.12. The predicted molar refractivity (Wildman–Crippen MR) is 73.0 cm³/mol. The van der Waals surface area contributed by atoms with Gasteiger partial charge in [-0.2, -0.15) is 0 Å². The Morgan fingerprint density at radius 3 is 2.68 bits per heavy atom. The molecule has 0 aromatic carbocycles. The minimum atomic E-state index is -0.973. The van der Waals surface area contributed by atoms with Gasteiger partial charge in [-0.25, -0.2) is 14.8 Å². The summed E-state index contributed by atoms with van der Waals surface area (Å²) in [6.45, 7) is 3.97. The number of rotatable bonds is 3. The fourth-order valence-electron chi connectivity index (χ4n) is 1.99. The van der Waals surface area contributed by atoms with Crippen LogP contribution in [-0.2, 0) is 4.79 Å². The van der Waals surface area contributed by atoms with Crippen LogP contribution in [0.25, 0.3) is 6.08 Å². The van der Waals surface area contributed by atoms with Crippen LogP contribution < -0.4 is 4.90 Å². The molecule has 0 spiro atoms. The Bertz CT molecular complexity index is 458. The Labute approximate surface area is 112 Å². The van der Waals surface area contributed by atoms with Crippen LogP contribution in [0.5, 0.6) is 0 Å². The minimum absolute atomic E-state index is 0.693. The summed E-state index contributed by atoms with van der Waals surface area (Å²) < 4.78 is 0. The molecule has 0 aliphatic carbocycles. The van der Waals surface area contributed by atoms with E-state index in [1.54, 1.807) is 12.4 Å². The van der Waals surface area contributed by atoms with Gasteiger partial charge >= 0.3 is 5.97 Å². The fraction of sp³-hybridized carbons (Fsp3) is 0.462. The van der Waals surface area contributed by atoms with Crippen LogP contribution in [0.15, 0.2) is 18.5 Å². The molecule has 0 radical (unpaired) electrons. The molecule has 0 saturated carbocycles. The maximum Gasteiger partial charge on any atom is 0.328 e. The Balaban J connectivity index is 2.03. The van der Waals surface area contributed by atoms with Crippen LogP contribution in [0.2, 0.25) is 0 Å². The van der Waals surface area contributed by atoms with Gasteiger partial charge in [0.2, 0.25) is 5.95 Å². The molecule has 2 rings (SSSR count).